The minimum Gasteiger partial charge on any atom is -0.391 e. The Balaban J connectivity index is 1.35. The predicted octanol–water partition coefficient (Wildman–Crippen LogP) is 1.36. The first kappa shape index (κ1) is 16.5. The first-order chi connectivity index (χ1) is 12.1. The first-order valence-electron chi connectivity index (χ1n) is 9.45. The molecule has 1 aromatic rings. The molecule has 3 saturated heterocycles. The molecule has 0 radical (unpaired) electrons. The van der Waals surface area contributed by atoms with Gasteiger partial charge in [-0.15, -0.1) is 0 Å². The smallest absolute Gasteiger partial charge is 0.317 e. The van der Waals surface area contributed by atoms with Gasteiger partial charge in [0.05, 0.1) is 6.10 Å². The molecular formula is C19H28N4O2. The summed E-state index contributed by atoms with van der Waals surface area (Å²) in [4.78, 5) is 18.7. The summed E-state index contributed by atoms with van der Waals surface area (Å²) in [6, 6.07) is 8.82. The largest absolute Gasteiger partial charge is 0.391 e. The minimum atomic E-state index is -0.189. The average molecular weight is 344 g/mol. The zero-order chi connectivity index (χ0) is 17.4. The molecule has 6 heteroatoms. The molecule has 25 heavy (non-hydrogen) atoms. The number of benzene rings is 1. The van der Waals surface area contributed by atoms with Crippen molar-refractivity contribution in [2.45, 2.75) is 19.4 Å². The third-order valence-corrected chi connectivity index (χ3v) is 5.84. The highest BCUT2D eigenvalue weighted by atomic mass is 16.3. The van der Waals surface area contributed by atoms with Crippen LogP contribution in [0.3, 0.4) is 0 Å². The minimum absolute atomic E-state index is 0.0839. The Morgan fingerprint density at radius 3 is 2.16 bits per heavy atom. The Hall–Kier alpha value is -1.95. The topological polar surface area (TPSA) is 59.1 Å². The number of aliphatic hydroxyl groups excluding tert-OH is 1. The van der Waals surface area contributed by atoms with Crippen molar-refractivity contribution >= 4 is 17.4 Å². The standard InChI is InChI=1S/C19H28N4O2/c1-2-20-19(25)23-11-14-9-22(10-15(14)12-23)17-5-3-16(4-6-17)21-8-7-18(24)13-21/h3-6,14-15,18,24H,2,7-13H2,1H3,(H,20,25)/t14?,15?,18-/m1/s1. The zero-order valence-electron chi connectivity index (χ0n) is 14.9. The Labute approximate surface area is 149 Å². The number of aliphatic hydroxyl groups is 1. The van der Waals surface area contributed by atoms with E-state index in [9.17, 15) is 9.90 Å². The fourth-order valence-corrected chi connectivity index (χ4v) is 4.48. The van der Waals surface area contributed by atoms with Crippen molar-refractivity contribution in [3.63, 3.8) is 0 Å². The normalized spacial score (nSPS) is 28.6. The van der Waals surface area contributed by atoms with Crippen molar-refractivity contribution in [2.75, 3.05) is 55.6 Å². The Morgan fingerprint density at radius 2 is 1.64 bits per heavy atom. The molecule has 6 nitrogen and oxygen atoms in total. The van der Waals surface area contributed by atoms with Gasteiger partial charge >= 0.3 is 6.03 Å². The number of nitrogens with one attached hydrogen (secondary N) is 1. The molecule has 4 rings (SSSR count). The second-order valence-corrected chi connectivity index (χ2v) is 7.57. The molecule has 3 fully saturated rings. The molecular weight excluding hydrogens is 316 g/mol. The van der Waals surface area contributed by atoms with Gasteiger partial charge in [-0.3, -0.25) is 0 Å². The van der Waals surface area contributed by atoms with Gasteiger partial charge in [0.2, 0.25) is 0 Å². The number of urea groups is 1. The van der Waals surface area contributed by atoms with Gasteiger partial charge < -0.3 is 25.1 Å². The van der Waals surface area contributed by atoms with Crippen LogP contribution in [-0.4, -0.2) is 68.0 Å². The van der Waals surface area contributed by atoms with E-state index in [0.717, 1.165) is 45.7 Å². The summed E-state index contributed by atoms with van der Waals surface area (Å²) in [5.74, 6) is 1.16. The number of carbonyl (C=O) groups excluding carboxylic acids is 1. The van der Waals surface area contributed by atoms with Crippen molar-refractivity contribution in [3.05, 3.63) is 24.3 Å². The SMILES string of the molecule is CCNC(=O)N1CC2CN(c3ccc(N4CC[C@@H](O)C4)cc3)CC2C1. The highest BCUT2D eigenvalue weighted by molar-refractivity contribution is 5.74. The Morgan fingerprint density at radius 1 is 1.04 bits per heavy atom. The number of fused-ring (bicyclic) bond motifs is 1. The summed E-state index contributed by atoms with van der Waals surface area (Å²) in [7, 11) is 0. The van der Waals surface area contributed by atoms with Crippen LogP contribution in [0.1, 0.15) is 13.3 Å². The van der Waals surface area contributed by atoms with Crippen molar-refractivity contribution in [1.29, 1.82) is 0 Å². The monoisotopic (exact) mass is 344 g/mol. The third-order valence-electron chi connectivity index (χ3n) is 5.84. The van der Waals surface area contributed by atoms with Gasteiger partial charge in [0.1, 0.15) is 0 Å². The van der Waals surface area contributed by atoms with Crippen molar-refractivity contribution in [3.8, 4) is 0 Å². The summed E-state index contributed by atoms with van der Waals surface area (Å²) in [6.45, 7) is 8.13. The molecule has 3 atom stereocenters. The van der Waals surface area contributed by atoms with Crippen LogP contribution in [0.4, 0.5) is 16.2 Å². The van der Waals surface area contributed by atoms with Gasteiger partial charge in [-0.05, 0) is 37.6 Å². The van der Waals surface area contributed by atoms with Crippen LogP contribution in [0.15, 0.2) is 24.3 Å². The van der Waals surface area contributed by atoms with Crippen LogP contribution < -0.4 is 15.1 Å². The second kappa shape index (κ2) is 6.75. The van der Waals surface area contributed by atoms with E-state index < -0.39 is 0 Å². The van der Waals surface area contributed by atoms with E-state index in [4.69, 9.17) is 0 Å². The summed E-state index contributed by atoms with van der Waals surface area (Å²) in [6.07, 6.45) is 0.671. The molecule has 0 aliphatic carbocycles. The molecule has 136 valence electrons. The Kier molecular flexibility index (Phi) is 4.46. The van der Waals surface area contributed by atoms with E-state index in [-0.39, 0.29) is 12.1 Å². The molecule has 2 amide bonds. The van der Waals surface area contributed by atoms with Crippen LogP contribution in [0.2, 0.25) is 0 Å². The number of amides is 2. The van der Waals surface area contributed by atoms with Crippen molar-refractivity contribution < 1.29 is 9.90 Å². The fraction of sp³-hybridized carbons (Fsp3) is 0.632. The third kappa shape index (κ3) is 3.27. The molecule has 0 bridgehead atoms. The van der Waals surface area contributed by atoms with E-state index in [0.29, 0.717) is 18.4 Å². The van der Waals surface area contributed by atoms with Crippen molar-refractivity contribution in [2.24, 2.45) is 11.8 Å². The van der Waals surface area contributed by atoms with Crippen LogP contribution in [-0.2, 0) is 0 Å². The highest BCUT2D eigenvalue weighted by Gasteiger charge is 2.41. The summed E-state index contributed by atoms with van der Waals surface area (Å²) in [5.41, 5.74) is 2.46. The zero-order valence-corrected chi connectivity index (χ0v) is 14.9. The number of hydrogen-bond donors (Lipinski definition) is 2. The first-order valence-corrected chi connectivity index (χ1v) is 9.45. The summed E-state index contributed by atoms with van der Waals surface area (Å²) >= 11 is 0. The molecule has 3 aliphatic rings. The maximum Gasteiger partial charge on any atom is 0.317 e. The average Bonchev–Trinajstić information content (AvgIpc) is 3.29. The lowest BCUT2D eigenvalue weighted by molar-refractivity contribution is 0.198. The van der Waals surface area contributed by atoms with Crippen LogP contribution in [0.5, 0.6) is 0 Å². The van der Waals surface area contributed by atoms with E-state index in [1.165, 1.54) is 11.4 Å². The fourth-order valence-electron chi connectivity index (χ4n) is 4.48. The predicted molar refractivity (Wildman–Crippen MR) is 99.1 cm³/mol. The van der Waals surface area contributed by atoms with Gasteiger partial charge in [-0.1, -0.05) is 0 Å². The lowest BCUT2D eigenvalue weighted by Gasteiger charge is -2.24. The van der Waals surface area contributed by atoms with Gasteiger partial charge in [-0.2, -0.15) is 0 Å². The van der Waals surface area contributed by atoms with Crippen molar-refractivity contribution in [1.82, 2.24) is 10.2 Å². The summed E-state index contributed by atoms with van der Waals surface area (Å²) in [5, 5.41) is 12.6. The van der Waals surface area contributed by atoms with Crippen LogP contribution >= 0.6 is 0 Å². The quantitative estimate of drug-likeness (QED) is 0.869. The van der Waals surface area contributed by atoms with E-state index in [2.05, 4.69) is 39.4 Å². The van der Waals surface area contributed by atoms with E-state index >= 15 is 0 Å². The van der Waals surface area contributed by atoms with Gasteiger partial charge in [0.15, 0.2) is 0 Å². The number of carbonyl (C=O) groups is 1. The van der Waals surface area contributed by atoms with Gasteiger partial charge in [0, 0.05) is 69.0 Å². The molecule has 0 aromatic heterocycles. The molecule has 3 aliphatic heterocycles. The van der Waals surface area contributed by atoms with Gasteiger partial charge in [0.25, 0.3) is 0 Å². The summed E-state index contributed by atoms with van der Waals surface area (Å²) < 4.78 is 0. The number of anilines is 2. The van der Waals surface area contributed by atoms with Crippen LogP contribution in [0.25, 0.3) is 0 Å². The van der Waals surface area contributed by atoms with Gasteiger partial charge in [-0.25, -0.2) is 4.79 Å². The maximum absolute atomic E-state index is 12.0. The highest BCUT2D eigenvalue weighted by Crippen LogP contribution is 2.34. The lowest BCUT2D eigenvalue weighted by atomic mass is 10.0. The molecule has 1 aromatic carbocycles. The molecule has 0 saturated carbocycles. The Bertz CT molecular complexity index is 606. The number of β-amino-alcohol motifs (C(OH)–C–C–N with tert-alkyl or cyclic N) is 1. The lowest BCUT2D eigenvalue weighted by Crippen LogP contribution is -2.40. The van der Waals surface area contributed by atoms with Crippen LogP contribution in [0, 0.1) is 11.8 Å². The second-order valence-electron chi connectivity index (χ2n) is 7.57. The molecule has 0 spiro atoms. The molecule has 2 N–H and O–H groups in total. The number of rotatable bonds is 3. The number of nitrogens with zero attached hydrogens (tertiary/aromatic N) is 3. The van der Waals surface area contributed by atoms with E-state index in [1.807, 2.05) is 11.8 Å². The maximum atomic E-state index is 12.0. The van der Waals surface area contributed by atoms with E-state index in [1.54, 1.807) is 0 Å². The number of hydrogen-bond acceptors (Lipinski definition) is 4. The molecule has 2 unspecified atom stereocenters. The molecule has 3 heterocycles. The number of likely N-dealkylation sites (tertiary alicyclic amines) is 1.